The second kappa shape index (κ2) is 3.54. The third-order valence-electron chi connectivity index (χ3n) is 3.80. The summed E-state index contributed by atoms with van der Waals surface area (Å²) in [6, 6.07) is 0. The van der Waals surface area contributed by atoms with Gasteiger partial charge in [0.1, 0.15) is 0 Å². The number of aliphatic carboxylic acids is 1. The van der Waals surface area contributed by atoms with Crippen molar-refractivity contribution in [2.45, 2.75) is 52.1 Å². The average Bonchev–Trinajstić information content (AvgIpc) is 2.10. The van der Waals surface area contributed by atoms with E-state index in [-0.39, 0.29) is 0 Å². The fourth-order valence-corrected chi connectivity index (χ4v) is 2.06. The molecule has 0 amide bonds. The summed E-state index contributed by atoms with van der Waals surface area (Å²) < 4.78 is 0. The Bertz CT molecular complexity index is 225. The Morgan fingerprint density at radius 3 is 2.14 bits per heavy atom. The Morgan fingerprint density at radius 1 is 1.36 bits per heavy atom. The molecule has 14 heavy (non-hydrogen) atoms. The van der Waals surface area contributed by atoms with Gasteiger partial charge in [0.25, 0.3) is 0 Å². The molecule has 0 aliphatic heterocycles. The van der Waals surface area contributed by atoms with Crippen molar-refractivity contribution in [3.8, 4) is 0 Å². The van der Waals surface area contributed by atoms with Gasteiger partial charge in [0.2, 0.25) is 0 Å². The van der Waals surface area contributed by atoms with Gasteiger partial charge >= 0.3 is 5.97 Å². The first-order valence-corrected chi connectivity index (χ1v) is 5.25. The van der Waals surface area contributed by atoms with Gasteiger partial charge in [-0.15, -0.1) is 0 Å². The first kappa shape index (κ1) is 11.5. The molecule has 0 atom stereocenters. The molecule has 0 bridgehead atoms. The molecule has 2 N–H and O–H groups in total. The van der Waals surface area contributed by atoms with Gasteiger partial charge in [0.15, 0.2) is 0 Å². The van der Waals surface area contributed by atoms with Gasteiger partial charge in [0.05, 0.1) is 11.0 Å². The third-order valence-corrected chi connectivity index (χ3v) is 3.80. The molecule has 0 aromatic heterocycles. The average molecular weight is 200 g/mol. The topological polar surface area (TPSA) is 57.5 Å². The molecule has 1 saturated carbocycles. The number of carboxylic acids is 1. The van der Waals surface area contributed by atoms with Crippen molar-refractivity contribution in [3.05, 3.63) is 0 Å². The summed E-state index contributed by atoms with van der Waals surface area (Å²) in [5.41, 5.74) is -2.06. The van der Waals surface area contributed by atoms with E-state index in [0.29, 0.717) is 18.8 Å². The highest BCUT2D eigenvalue weighted by molar-refractivity contribution is 5.75. The first-order valence-electron chi connectivity index (χ1n) is 5.25. The zero-order chi connectivity index (χ0) is 11.0. The Kier molecular flexibility index (Phi) is 2.91. The van der Waals surface area contributed by atoms with Crippen LogP contribution in [-0.2, 0) is 4.79 Å². The van der Waals surface area contributed by atoms with Crippen LogP contribution in [0.5, 0.6) is 0 Å². The predicted molar refractivity (Wildman–Crippen MR) is 54.0 cm³/mol. The summed E-state index contributed by atoms with van der Waals surface area (Å²) in [7, 11) is 0. The maximum atomic E-state index is 11.0. The van der Waals surface area contributed by atoms with Crippen molar-refractivity contribution in [2.24, 2.45) is 11.3 Å². The summed E-state index contributed by atoms with van der Waals surface area (Å²) in [5, 5.41) is 19.4. The van der Waals surface area contributed by atoms with E-state index in [2.05, 4.69) is 6.92 Å². The van der Waals surface area contributed by atoms with Crippen LogP contribution in [0.4, 0.5) is 0 Å². The minimum absolute atomic E-state index is 0.605. The van der Waals surface area contributed by atoms with Gasteiger partial charge < -0.3 is 10.2 Å². The van der Waals surface area contributed by atoms with Crippen LogP contribution in [0.25, 0.3) is 0 Å². The molecular weight excluding hydrogens is 180 g/mol. The van der Waals surface area contributed by atoms with Crippen LogP contribution in [0.2, 0.25) is 0 Å². The number of carboxylic acid groups (broad SMARTS) is 1. The van der Waals surface area contributed by atoms with Crippen molar-refractivity contribution in [1.82, 2.24) is 0 Å². The number of aliphatic hydroxyl groups is 1. The van der Waals surface area contributed by atoms with E-state index in [9.17, 15) is 9.90 Å². The quantitative estimate of drug-likeness (QED) is 0.717. The fourth-order valence-electron chi connectivity index (χ4n) is 2.06. The normalized spacial score (nSPS) is 34.1. The lowest BCUT2D eigenvalue weighted by Gasteiger charge is -2.43. The molecule has 1 fully saturated rings. The second-order valence-corrected chi connectivity index (χ2v) is 5.14. The van der Waals surface area contributed by atoms with Crippen molar-refractivity contribution >= 4 is 5.97 Å². The van der Waals surface area contributed by atoms with E-state index in [4.69, 9.17) is 5.11 Å². The molecule has 0 heterocycles. The molecule has 0 radical (unpaired) electrons. The van der Waals surface area contributed by atoms with E-state index in [1.54, 1.807) is 13.8 Å². The van der Waals surface area contributed by atoms with E-state index in [0.717, 1.165) is 12.8 Å². The summed E-state index contributed by atoms with van der Waals surface area (Å²) in [6.45, 7) is 5.38. The van der Waals surface area contributed by atoms with E-state index in [1.807, 2.05) is 0 Å². The molecule has 0 saturated heterocycles. The zero-order valence-electron chi connectivity index (χ0n) is 9.21. The molecule has 82 valence electrons. The van der Waals surface area contributed by atoms with Crippen LogP contribution >= 0.6 is 0 Å². The molecule has 0 aromatic rings. The van der Waals surface area contributed by atoms with Crippen LogP contribution in [-0.4, -0.2) is 21.8 Å². The lowest BCUT2D eigenvalue weighted by molar-refractivity contribution is -0.170. The molecule has 1 aliphatic carbocycles. The Balaban J connectivity index is 2.80. The monoisotopic (exact) mass is 200 g/mol. The highest BCUT2D eigenvalue weighted by Gasteiger charge is 2.49. The SMILES string of the molecule is CC1CCC(O)(C(C)(C)C(=O)O)CC1. The highest BCUT2D eigenvalue weighted by atomic mass is 16.4. The lowest BCUT2D eigenvalue weighted by Crippen LogP contribution is -2.51. The van der Waals surface area contributed by atoms with Crippen LogP contribution in [0.1, 0.15) is 46.5 Å². The lowest BCUT2D eigenvalue weighted by atomic mass is 9.65. The minimum atomic E-state index is -1.03. The van der Waals surface area contributed by atoms with Gasteiger partial charge in [-0.05, 0) is 45.4 Å². The number of hydrogen-bond donors (Lipinski definition) is 2. The number of rotatable bonds is 2. The van der Waals surface area contributed by atoms with Gasteiger partial charge in [0, 0.05) is 0 Å². The van der Waals surface area contributed by atoms with Gasteiger partial charge in [-0.2, -0.15) is 0 Å². The molecule has 3 heteroatoms. The van der Waals surface area contributed by atoms with Gasteiger partial charge in [-0.1, -0.05) is 6.92 Å². The molecule has 0 spiro atoms. The van der Waals surface area contributed by atoms with Crippen molar-refractivity contribution in [3.63, 3.8) is 0 Å². The molecule has 1 rings (SSSR count). The standard InChI is InChI=1S/C11H20O3/c1-8-4-6-11(14,7-5-8)10(2,3)9(12)13/h8,14H,4-7H2,1-3H3,(H,12,13). The minimum Gasteiger partial charge on any atom is -0.481 e. The maximum absolute atomic E-state index is 11.0. The molecule has 0 unspecified atom stereocenters. The van der Waals surface area contributed by atoms with Gasteiger partial charge in [-0.25, -0.2) is 0 Å². The number of hydrogen-bond acceptors (Lipinski definition) is 2. The zero-order valence-corrected chi connectivity index (χ0v) is 9.21. The summed E-state index contributed by atoms with van der Waals surface area (Å²) in [5.74, 6) is -0.297. The molecule has 3 nitrogen and oxygen atoms in total. The van der Waals surface area contributed by atoms with Crippen molar-refractivity contribution < 1.29 is 15.0 Å². The number of carbonyl (C=O) groups is 1. The first-order chi connectivity index (χ1) is 6.29. The Hall–Kier alpha value is -0.570. The van der Waals surface area contributed by atoms with Crippen molar-refractivity contribution in [2.75, 3.05) is 0 Å². The van der Waals surface area contributed by atoms with Crippen LogP contribution < -0.4 is 0 Å². The Labute approximate surface area is 85.1 Å². The van der Waals surface area contributed by atoms with Crippen LogP contribution in [0.3, 0.4) is 0 Å². The van der Waals surface area contributed by atoms with Crippen LogP contribution in [0.15, 0.2) is 0 Å². The Morgan fingerprint density at radius 2 is 1.79 bits per heavy atom. The van der Waals surface area contributed by atoms with Crippen LogP contribution in [0, 0.1) is 11.3 Å². The summed E-state index contributed by atoms with van der Waals surface area (Å²) in [6.07, 6.45) is 3.06. The van der Waals surface area contributed by atoms with E-state index >= 15 is 0 Å². The van der Waals surface area contributed by atoms with Gasteiger partial charge in [-0.3, -0.25) is 4.79 Å². The smallest absolute Gasteiger partial charge is 0.312 e. The predicted octanol–water partition coefficient (Wildman–Crippen LogP) is 2.04. The van der Waals surface area contributed by atoms with Crippen molar-refractivity contribution in [1.29, 1.82) is 0 Å². The fraction of sp³-hybridized carbons (Fsp3) is 0.909. The summed E-state index contributed by atoms with van der Waals surface area (Å²) >= 11 is 0. The maximum Gasteiger partial charge on any atom is 0.312 e. The molecule has 0 aromatic carbocycles. The van der Waals surface area contributed by atoms with E-state index < -0.39 is 17.0 Å². The molecular formula is C11H20O3. The third kappa shape index (κ3) is 1.78. The highest BCUT2D eigenvalue weighted by Crippen LogP contribution is 2.43. The second-order valence-electron chi connectivity index (χ2n) is 5.14. The largest absolute Gasteiger partial charge is 0.481 e. The summed E-state index contributed by atoms with van der Waals surface area (Å²) in [4.78, 5) is 11.0. The van der Waals surface area contributed by atoms with E-state index in [1.165, 1.54) is 0 Å². The molecule has 1 aliphatic rings.